The first kappa shape index (κ1) is 18.8. The summed E-state index contributed by atoms with van der Waals surface area (Å²) in [6.07, 6.45) is -0.602. The third-order valence-electron chi connectivity index (χ3n) is 2.97. The van der Waals surface area contributed by atoms with Gasteiger partial charge in [0.1, 0.15) is 0 Å². The third kappa shape index (κ3) is 9.35. The molecule has 0 bridgehead atoms. The Hall–Kier alpha value is -0.200. The van der Waals surface area contributed by atoms with Gasteiger partial charge in [0.15, 0.2) is 0 Å². The van der Waals surface area contributed by atoms with Crippen LogP contribution in [0.3, 0.4) is 0 Å². The van der Waals surface area contributed by atoms with Crippen LogP contribution in [0.1, 0.15) is 34.1 Å². The average molecular weight is 277 g/mol. The van der Waals surface area contributed by atoms with Crippen LogP contribution in [-0.2, 0) is 0 Å². The summed E-state index contributed by atoms with van der Waals surface area (Å²) < 4.78 is 0. The summed E-state index contributed by atoms with van der Waals surface area (Å²) in [5.41, 5.74) is 0.0541. The van der Waals surface area contributed by atoms with Crippen LogP contribution in [0.15, 0.2) is 0 Å². The van der Waals surface area contributed by atoms with E-state index >= 15 is 0 Å². The van der Waals surface area contributed by atoms with Gasteiger partial charge in [0, 0.05) is 19.6 Å². The normalized spacial score (nSPS) is 16.1. The van der Waals surface area contributed by atoms with Crippen molar-refractivity contribution in [1.82, 2.24) is 4.90 Å². The Morgan fingerprint density at radius 3 is 1.68 bits per heavy atom. The summed E-state index contributed by atoms with van der Waals surface area (Å²) in [6.45, 7) is 9.35. The summed E-state index contributed by atoms with van der Waals surface area (Å²) in [7, 11) is 0. The molecule has 0 aromatic rings. The molecule has 0 rings (SSSR count). The SMILES string of the molecule is CC(C)CC(C)(C)CN(CC(O)CO)CC(O)CO. The van der Waals surface area contributed by atoms with Crippen LogP contribution in [0.5, 0.6) is 0 Å². The topological polar surface area (TPSA) is 84.2 Å². The first-order valence-electron chi connectivity index (χ1n) is 7.00. The third-order valence-corrected chi connectivity index (χ3v) is 2.97. The highest BCUT2D eigenvalue weighted by Gasteiger charge is 2.25. The minimum atomic E-state index is -0.819. The lowest BCUT2D eigenvalue weighted by atomic mass is 9.83. The number of rotatable bonds is 10. The predicted octanol–water partition coefficient (Wildman–Crippen LogP) is 0.0671. The Morgan fingerprint density at radius 2 is 1.37 bits per heavy atom. The standard InChI is InChI=1S/C14H31NO4/c1-11(2)5-14(3,4)10-15(6-12(18)8-16)7-13(19)9-17/h11-13,16-19H,5-10H2,1-4H3. The molecule has 0 aliphatic heterocycles. The molecular weight excluding hydrogens is 246 g/mol. The molecule has 116 valence electrons. The molecule has 0 aliphatic rings. The zero-order valence-electron chi connectivity index (χ0n) is 12.7. The number of nitrogens with zero attached hydrogens (tertiary/aromatic N) is 1. The Kier molecular flexibility index (Phi) is 8.78. The van der Waals surface area contributed by atoms with E-state index < -0.39 is 12.2 Å². The average Bonchev–Trinajstić information content (AvgIpc) is 2.25. The van der Waals surface area contributed by atoms with E-state index in [1.165, 1.54) is 0 Å². The van der Waals surface area contributed by atoms with Crippen molar-refractivity contribution >= 4 is 0 Å². The second-order valence-corrected chi connectivity index (χ2v) is 6.63. The monoisotopic (exact) mass is 277 g/mol. The number of hydrogen-bond acceptors (Lipinski definition) is 5. The lowest BCUT2D eigenvalue weighted by Gasteiger charge is -2.35. The lowest BCUT2D eigenvalue weighted by Crippen LogP contribution is -2.44. The van der Waals surface area contributed by atoms with E-state index in [9.17, 15) is 10.2 Å². The highest BCUT2D eigenvalue weighted by atomic mass is 16.3. The highest BCUT2D eigenvalue weighted by Crippen LogP contribution is 2.26. The zero-order chi connectivity index (χ0) is 15.1. The molecule has 0 fully saturated rings. The van der Waals surface area contributed by atoms with E-state index in [1.54, 1.807) is 0 Å². The number of aliphatic hydroxyl groups excluding tert-OH is 4. The maximum absolute atomic E-state index is 9.56. The maximum atomic E-state index is 9.56. The highest BCUT2D eigenvalue weighted by molar-refractivity contribution is 4.78. The van der Waals surface area contributed by atoms with Crippen molar-refractivity contribution in [3.63, 3.8) is 0 Å². The number of hydrogen-bond donors (Lipinski definition) is 4. The van der Waals surface area contributed by atoms with Crippen molar-refractivity contribution in [3.8, 4) is 0 Å². The Bertz CT molecular complexity index is 221. The van der Waals surface area contributed by atoms with Gasteiger partial charge in [-0.15, -0.1) is 0 Å². The fourth-order valence-electron chi connectivity index (χ4n) is 2.69. The van der Waals surface area contributed by atoms with Crippen molar-refractivity contribution in [2.24, 2.45) is 11.3 Å². The molecule has 0 spiro atoms. The van der Waals surface area contributed by atoms with Gasteiger partial charge in [-0.25, -0.2) is 0 Å². The molecule has 0 aromatic carbocycles. The van der Waals surface area contributed by atoms with E-state index in [4.69, 9.17) is 10.2 Å². The fourth-order valence-corrected chi connectivity index (χ4v) is 2.69. The van der Waals surface area contributed by atoms with E-state index in [1.807, 2.05) is 4.90 Å². The lowest BCUT2D eigenvalue weighted by molar-refractivity contribution is 0.00850. The van der Waals surface area contributed by atoms with Gasteiger partial charge in [-0.3, -0.25) is 4.90 Å². The van der Waals surface area contributed by atoms with Gasteiger partial charge in [-0.2, -0.15) is 0 Å². The summed E-state index contributed by atoms with van der Waals surface area (Å²) in [6, 6.07) is 0. The van der Waals surface area contributed by atoms with E-state index in [0.29, 0.717) is 25.6 Å². The van der Waals surface area contributed by atoms with Crippen LogP contribution in [0.2, 0.25) is 0 Å². The molecular formula is C14H31NO4. The van der Waals surface area contributed by atoms with Gasteiger partial charge in [0.25, 0.3) is 0 Å². The van der Waals surface area contributed by atoms with Crippen LogP contribution in [-0.4, -0.2) is 70.4 Å². The van der Waals surface area contributed by atoms with Crippen LogP contribution in [0.4, 0.5) is 0 Å². The van der Waals surface area contributed by atoms with Crippen LogP contribution in [0, 0.1) is 11.3 Å². The molecule has 19 heavy (non-hydrogen) atoms. The second-order valence-electron chi connectivity index (χ2n) is 6.63. The molecule has 5 heteroatoms. The molecule has 5 nitrogen and oxygen atoms in total. The zero-order valence-corrected chi connectivity index (χ0v) is 12.7. The Labute approximate surface area is 116 Å². The van der Waals surface area contributed by atoms with Gasteiger partial charge in [-0.05, 0) is 17.8 Å². The molecule has 0 radical (unpaired) electrons. The van der Waals surface area contributed by atoms with Crippen molar-refractivity contribution in [2.75, 3.05) is 32.8 Å². The molecule has 0 saturated heterocycles. The van der Waals surface area contributed by atoms with Gasteiger partial charge in [-0.1, -0.05) is 27.7 Å². The fraction of sp³-hybridized carbons (Fsp3) is 1.00. The van der Waals surface area contributed by atoms with Gasteiger partial charge < -0.3 is 20.4 Å². The molecule has 0 saturated carbocycles. The van der Waals surface area contributed by atoms with Crippen LogP contribution >= 0.6 is 0 Å². The smallest absolute Gasteiger partial charge is 0.0897 e. The molecule has 0 aliphatic carbocycles. The van der Waals surface area contributed by atoms with E-state index in [2.05, 4.69) is 27.7 Å². The Morgan fingerprint density at radius 1 is 0.947 bits per heavy atom. The van der Waals surface area contributed by atoms with Crippen LogP contribution in [0.25, 0.3) is 0 Å². The number of aliphatic hydroxyl groups is 4. The first-order chi connectivity index (χ1) is 8.70. The molecule has 0 amide bonds. The quantitative estimate of drug-likeness (QED) is 0.454. The van der Waals surface area contributed by atoms with E-state index in [-0.39, 0.29) is 18.6 Å². The van der Waals surface area contributed by atoms with Crippen molar-refractivity contribution < 1.29 is 20.4 Å². The van der Waals surface area contributed by atoms with Crippen molar-refractivity contribution in [1.29, 1.82) is 0 Å². The second kappa shape index (κ2) is 8.87. The molecule has 0 heterocycles. The minimum Gasteiger partial charge on any atom is -0.394 e. The van der Waals surface area contributed by atoms with Gasteiger partial charge in [0.05, 0.1) is 25.4 Å². The van der Waals surface area contributed by atoms with Crippen molar-refractivity contribution in [3.05, 3.63) is 0 Å². The summed E-state index contributed by atoms with van der Waals surface area (Å²) in [5.74, 6) is 0.572. The Balaban J connectivity index is 4.54. The largest absolute Gasteiger partial charge is 0.394 e. The van der Waals surface area contributed by atoms with Gasteiger partial charge in [0.2, 0.25) is 0 Å². The summed E-state index contributed by atoms with van der Waals surface area (Å²) in [4.78, 5) is 1.91. The molecule has 2 atom stereocenters. The molecule has 0 aromatic heterocycles. The summed E-state index contributed by atoms with van der Waals surface area (Å²) in [5, 5.41) is 37.0. The predicted molar refractivity (Wildman–Crippen MR) is 75.9 cm³/mol. The molecule has 2 unspecified atom stereocenters. The van der Waals surface area contributed by atoms with Crippen molar-refractivity contribution in [2.45, 2.75) is 46.3 Å². The van der Waals surface area contributed by atoms with Gasteiger partial charge >= 0.3 is 0 Å². The summed E-state index contributed by atoms with van der Waals surface area (Å²) >= 11 is 0. The minimum absolute atomic E-state index is 0.0541. The first-order valence-corrected chi connectivity index (χ1v) is 7.00. The molecule has 4 N–H and O–H groups in total. The van der Waals surface area contributed by atoms with Crippen LogP contribution < -0.4 is 0 Å². The van der Waals surface area contributed by atoms with E-state index in [0.717, 1.165) is 6.42 Å². The maximum Gasteiger partial charge on any atom is 0.0897 e.